The Morgan fingerprint density at radius 3 is 2.61 bits per heavy atom. The molecule has 3 saturated heterocycles. The van der Waals surface area contributed by atoms with Gasteiger partial charge < -0.3 is 9.64 Å². The van der Waals surface area contributed by atoms with Crippen molar-refractivity contribution >= 4 is 5.91 Å². The molecule has 1 aromatic rings. The molecular formula is C17H20F2N2O2. The molecule has 3 heterocycles. The molecule has 0 aliphatic carbocycles. The SMILES string of the molecule is O=C(c1ccc(F)c(F)c1)N1CC2(C[C@H](N3CCCC3)CO2)C1. The van der Waals surface area contributed by atoms with E-state index >= 15 is 0 Å². The first kappa shape index (κ1) is 15.0. The largest absolute Gasteiger partial charge is 0.370 e. The van der Waals surface area contributed by atoms with Crippen molar-refractivity contribution in [2.45, 2.75) is 30.9 Å². The molecule has 124 valence electrons. The number of amides is 1. The standard InChI is InChI=1S/C17H20F2N2O2/c18-14-4-3-12(7-15(14)19)16(22)21-10-17(11-21)8-13(9-23-17)20-5-1-2-6-20/h3-4,7,13H,1-2,5-6,8-11H2/t13-/m0/s1. The lowest BCUT2D eigenvalue weighted by molar-refractivity contribution is -0.0950. The average molecular weight is 322 g/mol. The minimum atomic E-state index is -0.989. The number of carbonyl (C=O) groups is 1. The van der Waals surface area contributed by atoms with Gasteiger partial charge in [-0.2, -0.15) is 0 Å². The molecule has 3 aliphatic heterocycles. The highest BCUT2D eigenvalue weighted by molar-refractivity contribution is 5.95. The van der Waals surface area contributed by atoms with Gasteiger partial charge in [0.1, 0.15) is 5.60 Å². The van der Waals surface area contributed by atoms with E-state index in [0.717, 1.165) is 38.2 Å². The summed E-state index contributed by atoms with van der Waals surface area (Å²) in [7, 11) is 0. The predicted octanol–water partition coefficient (Wildman–Crippen LogP) is 2.04. The van der Waals surface area contributed by atoms with Crippen LogP contribution in [0.1, 0.15) is 29.6 Å². The molecule has 4 rings (SSSR count). The lowest BCUT2D eigenvalue weighted by Gasteiger charge is -2.47. The van der Waals surface area contributed by atoms with Gasteiger partial charge in [-0.05, 0) is 50.6 Å². The number of nitrogens with zero attached hydrogens (tertiary/aromatic N) is 2. The van der Waals surface area contributed by atoms with E-state index in [1.807, 2.05) is 0 Å². The van der Waals surface area contributed by atoms with Crippen LogP contribution in [0.25, 0.3) is 0 Å². The molecule has 3 fully saturated rings. The monoisotopic (exact) mass is 322 g/mol. The molecule has 0 saturated carbocycles. The summed E-state index contributed by atoms with van der Waals surface area (Å²) in [4.78, 5) is 16.5. The Morgan fingerprint density at radius 1 is 1.17 bits per heavy atom. The van der Waals surface area contributed by atoms with Crippen LogP contribution in [0, 0.1) is 11.6 Å². The summed E-state index contributed by atoms with van der Waals surface area (Å²) in [5, 5.41) is 0. The van der Waals surface area contributed by atoms with Crippen LogP contribution in [0.15, 0.2) is 18.2 Å². The number of carbonyl (C=O) groups excluding carboxylic acids is 1. The quantitative estimate of drug-likeness (QED) is 0.835. The normalized spacial score (nSPS) is 26.7. The average Bonchev–Trinajstić information content (AvgIpc) is 3.16. The summed E-state index contributed by atoms with van der Waals surface area (Å²) in [6.07, 6.45) is 3.46. The minimum Gasteiger partial charge on any atom is -0.370 e. The fraction of sp³-hybridized carbons (Fsp3) is 0.588. The van der Waals surface area contributed by atoms with E-state index in [2.05, 4.69) is 4.90 Å². The molecule has 0 bridgehead atoms. The highest BCUT2D eigenvalue weighted by Gasteiger charge is 2.52. The van der Waals surface area contributed by atoms with Crippen LogP contribution in [-0.2, 0) is 4.74 Å². The van der Waals surface area contributed by atoms with Crippen LogP contribution in [0.5, 0.6) is 0 Å². The lowest BCUT2D eigenvalue weighted by Crippen LogP contribution is -2.63. The van der Waals surface area contributed by atoms with Gasteiger partial charge in [0.15, 0.2) is 11.6 Å². The van der Waals surface area contributed by atoms with E-state index in [9.17, 15) is 13.6 Å². The van der Waals surface area contributed by atoms with Gasteiger partial charge in [0.05, 0.1) is 19.7 Å². The molecule has 1 spiro atoms. The van der Waals surface area contributed by atoms with E-state index in [0.29, 0.717) is 19.1 Å². The molecule has 6 heteroatoms. The highest BCUT2D eigenvalue weighted by Crippen LogP contribution is 2.38. The number of likely N-dealkylation sites (tertiary alicyclic amines) is 2. The lowest BCUT2D eigenvalue weighted by atomic mass is 9.88. The number of hydrogen-bond donors (Lipinski definition) is 0. The van der Waals surface area contributed by atoms with Gasteiger partial charge in [0.25, 0.3) is 5.91 Å². The first-order valence-corrected chi connectivity index (χ1v) is 8.19. The summed E-state index contributed by atoms with van der Waals surface area (Å²) in [5.74, 6) is -2.19. The topological polar surface area (TPSA) is 32.8 Å². The number of rotatable bonds is 2. The Morgan fingerprint density at radius 2 is 1.91 bits per heavy atom. The van der Waals surface area contributed by atoms with Gasteiger partial charge in [0, 0.05) is 11.6 Å². The Hall–Kier alpha value is -1.53. The Kier molecular flexibility index (Phi) is 3.61. The maximum atomic E-state index is 13.3. The Bertz CT molecular complexity index is 625. The third kappa shape index (κ3) is 2.64. The van der Waals surface area contributed by atoms with E-state index in [1.165, 1.54) is 18.9 Å². The molecule has 3 aliphatic rings. The second-order valence-corrected chi connectivity index (χ2v) is 6.89. The fourth-order valence-electron chi connectivity index (χ4n) is 3.99. The third-order valence-electron chi connectivity index (χ3n) is 5.26. The minimum absolute atomic E-state index is 0.188. The zero-order chi connectivity index (χ0) is 16.0. The van der Waals surface area contributed by atoms with Crippen LogP contribution in [-0.4, -0.2) is 60.1 Å². The number of hydrogen-bond acceptors (Lipinski definition) is 3. The first-order valence-electron chi connectivity index (χ1n) is 8.19. The van der Waals surface area contributed by atoms with Gasteiger partial charge in [-0.25, -0.2) is 8.78 Å². The third-order valence-corrected chi connectivity index (χ3v) is 5.26. The predicted molar refractivity (Wildman–Crippen MR) is 80.2 cm³/mol. The van der Waals surface area contributed by atoms with Crippen molar-refractivity contribution < 1.29 is 18.3 Å². The molecule has 1 amide bonds. The van der Waals surface area contributed by atoms with Gasteiger partial charge >= 0.3 is 0 Å². The summed E-state index contributed by atoms with van der Waals surface area (Å²) >= 11 is 0. The van der Waals surface area contributed by atoms with Crippen molar-refractivity contribution in [2.24, 2.45) is 0 Å². The smallest absolute Gasteiger partial charge is 0.254 e. The number of ether oxygens (including phenoxy) is 1. The van der Waals surface area contributed by atoms with Crippen LogP contribution in [0.2, 0.25) is 0 Å². The molecule has 1 atom stereocenters. The molecule has 0 aromatic heterocycles. The zero-order valence-corrected chi connectivity index (χ0v) is 12.9. The highest BCUT2D eigenvalue weighted by atomic mass is 19.2. The second-order valence-electron chi connectivity index (χ2n) is 6.89. The van der Waals surface area contributed by atoms with Crippen molar-refractivity contribution in [3.05, 3.63) is 35.4 Å². The van der Waals surface area contributed by atoms with Crippen molar-refractivity contribution in [1.29, 1.82) is 0 Å². The van der Waals surface area contributed by atoms with E-state index in [-0.39, 0.29) is 17.1 Å². The number of halogens is 2. The Balaban J connectivity index is 1.37. The van der Waals surface area contributed by atoms with Crippen LogP contribution < -0.4 is 0 Å². The Labute approximate surface area is 134 Å². The van der Waals surface area contributed by atoms with Gasteiger partial charge in [-0.1, -0.05) is 0 Å². The van der Waals surface area contributed by atoms with Gasteiger partial charge in [-0.3, -0.25) is 9.69 Å². The van der Waals surface area contributed by atoms with E-state index < -0.39 is 11.6 Å². The zero-order valence-electron chi connectivity index (χ0n) is 12.9. The molecule has 23 heavy (non-hydrogen) atoms. The van der Waals surface area contributed by atoms with Gasteiger partial charge in [0.2, 0.25) is 0 Å². The van der Waals surface area contributed by atoms with Crippen molar-refractivity contribution in [1.82, 2.24) is 9.80 Å². The first-order chi connectivity index (χ1) is 11.1. The van der Waals surface area contributed by atoms with Crippen molar-refractivity contribution in [3.63, 3.8) is 0 Å². The summed E-state index contributed by atoms with van der Waals surface area (Å²) < 4.78 is 32.2. The van der Waals surface area contributed by atoms with Crippen molar-refractivity contribution in [3.8, 4) is 0 Å². The maximum absolute atomic E-state index is 13.3. The maximum Gasteiger partial charge on any atom is 0.254 e. The molecule has 1 aromatic carbocycles. The summed E-state index contributed by atoms with van der Waals surface area (Å²) in [6, 6.07) is 3.74. The summed E-state index contributed by atoms with van der Waals surface area (Å²) in [5.41, 5.74) is -0.0468. The molecule has 0 radical (unpaired) electrons. The van der Waals surface area contributed by atoms with E-state index in [1.54, 1.807) is 4.90 Å². The molecule has 0 N–H and O–H groups in total. The molecule has 0 unspecified atom stereocenters. The van der Waals surface area contributed by atoms with Crippen LogP contribution >= 0.6 is 0 Å². The van der Waals surface area contributed by atoms with Crippen LogP contribution in [0.4, 0.5) is 8.78 Å². The fourth-order valence-corrected chi connectivity index (χ4v) is 3.99. The molecular weight excluding hydrogens is 302 g/mol. The van der Waals surface area contributed by atoms with Crippen molar-refractivity contribution in [2.75, 3.05) is 32.8 Å². The second kappa shape index (κ2) is 5.53. The van der Waals surface area contributed by atoms with E-state index in [4.69, 9.17) is 4.74 Å². The number of benzene rings is 1. The van der Waals surface area contributed by atoms with Gasteiger partial charge in [-0.15, -0.1) is 0 Å². The van der Waals surface area contributed by atoms with Crippen LogP contribution in [0.3, 0.4) is 0 Å². The summed E-state index contributed by atoms with van der Waals surface area (Å²) in [6.45, 7) is 4.08. The molecule has 4 nitrogen and oxygen atoms in total.